The van der Waals surface area contributed by atoms with Crippen molar-refractivity contribution >= 4 is 21.6 Å². The van der Waals surface area contributed by atoms with Crippen LogP contribution in [0.3, 0.4) is 0 Å². The van der Waals surface area contributed by atoms with Crippen molar-refractivity contribution in [2.45, 2.75) is 29.1 Å². The lowest BCUT2D eigenvalue weighted by Crippen LogP contribution is -2.26. The monoisotopic (exact) mass is 444 g/mol. The zero-order valence-electron chi connectivity index (χ0n) is 16.2. The molecule has 1 unspecified atom stereocenters. The molecule has 0 saturated heterocycles. The molecule has 2 aromatic carbocycles. The average Bonchev–Trinajstić information content (AvgIpc) is 3.60. The number of benzene rings is 2. The molecular formula is C22H18F2N2O4S. The van der Waals surface area contributed by atoms with Gasteiger partial charge in [-0.3, -0.25) is 4.79 Å². The summed E-state index contributed by atoms with van der Waals surface area (Å²) in [5.41, 5.74) is 0.298. The van der Waals surface area contributed by atoms with E-state index in [1.54, 1.807) is 18.2 Å². The Morgan fingerprint density at radius 2 is 1.81 bits per heavy atom. The highest BCUT2D eigenvalue weighted by atomic mass is 32.2. The van der Waals surface area contributed by atoms with Gasteiger partial charge in [-0.1, -0.05) is 18.2 Å². The van der Waals surface area contributed by atoms with Crippen molar-refractivity contribution in [3.05, 3.63) is 84.1 Å². The summed E-state index contributed by atoms with van der Waals surface area (Å²) in [4.78, 5) is 17.1. The molecule has 1 amide bonds. The van der Waals surface area contributed by atoms with Crippen LogP contribution in [0.5, 0.6) is 5.75 Å². The van der Waals surface area contributed by atoms with Crippen molar-refractivity contribution in [2.75, 3.05) is 5.32 Å². The highest BCUT2D eigenvalue weighted by molar-refractivity contribution is 7.92. The van der Waals surface area contributed by atoms with Gasteiger partial charge in [-0.25, -0.2) is 22.2 Å². The highest BCUT2D eigenvalue weighted by Crippen LogP contribution is 2.34. The summed E-state index contributed by atoms with van der Waals surface area (Å²) in [7, 11) is -3.40. The Hall–Kier alpha value is -3.33. The van der Waals surface area contributed by atoms with Gasteiger partial charge in [0.25, 0.3) is 5.91 Å². The summed E-state index contributed by atoms with van der Waals surface area (Å²) in [6.07, 6.45) is 1.42. The largest absolute Gasteiger partial charge is 0.473 e. The molecule has 1 aliphatic carbocycles. The van der Waals surface area contributed by atoms with Gasteiger partial charge in [-0.2, -0.15) is 0 Å². The third kappa shape index (κ3) is 4.72. The van der Waals surface area contributed by atoms with Gasteiger partial charge < -0.3 is 10.1 Å². The lowest BCUT2D eigenvalue weighted by atomic mass is 10.1. The number of rotatable bonds is 7. The summed E-state index contributed by atoms with van der Waals surface area (Å²) >= 11 is 0. The van der Waals surface area contributed by atoms with Crippen LogP contribution in [0.4, 0.5) is 14.6 Å². The fourth-order valence-corrected chi connectivity index (χ4v) is 4.66. The molecule has 1 aromatic heterocycles. The van der Waals surface area contributed by atoms with E-state index in [1.807, 2.05) is 0 Å². The Labute approximate surface area is 177 Å². The maximum atomic E-state index is 14.1. The quantitative estimate of drug-likeness (QED) is 0.594. The van der Waals surface area contributed by atoms with Crippen molar-refractivity contribution in [3.63, 3.8) is 0 Å². The second-order valence-corrected chi connectivity index (χ2v) is 9.32. The Bertz CT molecular complexity index is 1200. The molecule has 6 nitrogen and oxygen atoms in total. The zero-order valence-corrected chi connectivity index (χ0v) is 17.0. The number of hydrogen-bond acceptors (Lipinski definition) is 5. The molecule has 0 aliphatic heterocycles. The highest BCUT2D eigenvalue weighted by Gasteiger charge is 2.37. The first-order valence-electron chi connectivity index (χ1n) is 9.52. The number of nitrogens with one attached hydrogen (secondary N) is 1. The number of carbonyl (C=O) groups is 1. The van der Waals surface area contributed by atoms with Crippen LogP contribution in [-0.4, -0.2) is 24.6 Å². The molecule has 31 heavy (non-hydrogen) atoms. The molecule has 1 N–H and O–H groups in total. The van der Waals surface area contributed by atoms with Gasteiger partial charge in [0.15, 0.2) is 21.4 Å². The standard InChI is InChI=1S/C22H18F2N2O4S/c23-15-6-11-19(18(24)13-15)30-21(22(27)26-20-3-1-2-12-25-20)14-4-7-16(8-5-14)31(28,29)17-9-10-17/h1-8,11-13,17,21H,9-10H2,(H,25,26,27). The molecule has 0 bridgehead atoms. The normalized spacial score (nSPS) is 14.6. The van der Waals surface area contributed by atoms with Crippen LogP contribution < -0.4 is 10.1 Å². The molecule has 0 spiro atoms. The van der Waals surface area contributed by atoms with Crippen molar-refractivity contribution in [1.29, 1.82) is 0 Å². The molecule has 4 rings (SSSR count). The number of carbonyl (C=O) groups excluding carboxylic acids is 1. The first-order chi connectivity index (χ1) is 14.8. The molecule has 1 atom stereocenters. The summed E-state index contributed by atoms with van der Waals surface area (Å²) in [6, 6.07) is 13.3. The van der Waals surface area contributed by atoms with Gasteiger partial charge in [0, 0.05) is 17.8 Å². The first-order valence-corrected chi connectivity index (χ1v) is 11.1. The third-order valence-corrected chi connectivity index (χ3v) is 7.05. The molecule has 9 heteroatoms. The number of nitrogens with zero attached hydrogens (tertiary/aromatic N) is 1. The SMILES string of the molecule is O=C(Nc1ccccn1)C(Oc1ccc(F)cc1F)c1ccc(S(=O)(=O)C2CC2)cc1. The summed E-state index contributed by atoms with van der Waals surface area (Å²) in [5, 5.41) is 2.21. The number of pyridine rings is 1. The van der Waals surface area contributed by atoms with E-state index < -0.39 is 33.5 Å². The number of aromatic nitrogens is 1. The van der Waals surface area contributed by atoms with Crippen LogP contribution in [-0.2, 0) is 14.6 Å². The van der Waals surface area contributed by atoms with Crippen LogP contribution in [0, 0.1) is 11.6 Å². The van der Waals surface area contributed by atoms with E-state index in [2.05, 4.69) is 10.3 Å². The molecule has 1 saturated carbocycles. The summed E-state index contributed by atoms with van der Waals surface area (Å²) < 4.78 is 57.8. The lowest BCUT2D eigenvalue weighted by molar-refractivity contribution is -0.123. The summed E-state index contributed by atoms with van der Waals surface area (Å²) in [6.45, 7) is 0. The van der Waals surface area contributed by atoms with Crippen molar-refractivity contribution in [3.8, 4) is 5.75 Å². The number of sulfone groups is 1. The fourth-order valence-electron chi connectivity index (χ4n) is 3.00. The maximum Gasteiger partial charge on any atom is 0.271 e. The molecule has 160 valence electrons. The Morgan fingerprint density at radius 3 is 2.42 bits per heavy atom. The van der Waals surface area contributed by atoms with Gasteiger partial charge in [0.1, 0.15) is 11.6 Å². The van der Waals surface area contributed by atoms with Gasteiger partial charge in [-0.15, -0.1) is 0 Å². The third-order valence-electron chi connectivity index (χ3n) is 4.77. The van der Waals surface area contributed by atoms with E-state index in [4.69, 9.17) is 4.74 Å². The van der Waals surface area contributed by atoms with E-state index >= 15 is 0 Å². The number of amides is 1. The van der Waals surface area contributed by atoms with Gasteiger partial charge in [-0.05, 0) is 49.2 Å². The number of halogens is 2. The number of ether oxygens (including phenoxy) is 1. The Morgan fingerprint density at radius 1 is 1.06 bits per heavy atom. The van der Waals surface area contributed by atoms with E-state index in [0.717, 1.165) is 12.1 Å². The van der Waals surface area contributed by atoms with Crippen LogP contribution >= 0.6 is 0 Å². The van der Waals surface area contributed by atoms with Crippen LogP contribution in [0.25, 0.3) is 0 Å². The molecule has 1 heterocycles. The van der Waals surface area contributed by atoms with Crippen molar-refractivity contribution < 1.29 is 26.7 Å². The van der Waals surface area contributed by atoms with Gasteiger partial charge >= 0.3 is 0 Å². The smallest absolute Gasteiger partial charge is 0.271 e. The maximum absolute atomic E-state index is 14.1. The van der Waals surface area contributed by atoms with Crippen LogP contribution in [0.15, 0.2) is 71.8 Å². The van der Waals surface area contributed by atoms with E-state index in [-0.39, 0.29) is 21.7 Å². The van der Waals surface area contributed by atoms with Crippen molar-refractivity contribution in [1.82, 2.24) is 4.98 Å². The Balaban J connectivity index is 1.64. The van der Waals surface area contributed by atoms with Gasteiger partial charge in [0.05, 0.1) is 10.1 Å². The second-order valence-electron chi connectivity index (χ2n) is 7.09. The topological polar surface area (TPSA) is 85.4 Å². The van der Waals surface area contributed by atoms with Gasteiger partial charge in [0.2, 0.25) is 6.10 Å². The Kier molecular flexibility index (Phi) is 5.69. The van der Waals surface area contributed by atoms with Crippen molar-refractivity contribution in [2.24, 2.45) is 0 Å². The minimum absolute atomic E-state index is 0.149. The zero-order chi connectivity index (χ0) is 22.0. The average molecular weight is 444 g/mol. The number of anilines is 1. The molecular weight excluding hydrogens is 426 g/mol. The molecule has 3 aromatic rings. The number of hydrogen-bond donors (Lipinski definition) is 1. The minimum atomic E-state index is -3.40. The molecule has 1 fully saturated rings. The van der Waals surface area contributed by atoms with E-state index in [0.29, 0.717) is 24.5 Å². The second kappa shape index (κ2) is 8.43. The van der Waals surface area contributed by atoms with Crippen LogP contribution in [0.2, 0.25) is 0 Å². The predicted octanol–water partition coefficient (Wildman–Crippen LogP) is 4.05. The molecule has 0 radical (unpaired) electrons. The molecule has 1 aliphatic rings. The minimum Gasteiger partial charge on any atom is -0.473 e. The summed E-state index contributed by atoms with van der Waals surface area (Å²) in [5.74, 6) is -2.47. The predicted molar refractivity (Wildman–Crippen MR) is 109 cm³/mol. The van der Waals surface area contributed by atoms with Crippen LogP contribution in [0.1, 0.15) is 24.5 Å². The van der Waals surface area contributed by atoms with E-state index in [1.165, 1.54) is 30.5 Å². The van der Waals surface area contributed by atoms with E-state index in [9.17, 15) is 22.0 Å². The lowest BCUT2D eigenvalue weighted by Gasteiger charge is -2.19. The fraction of sp³-hybridized carbons (Fsp3) is 0.182. The first kappa shape index (κ1) is 20.9.